The average molecular weight is 301 g/mol. The molecule has 94 valence electrons. The first-order valence-electron chi connectivity index (χ1n) is 6.13. The first kappa shape index (κ1) is 13.0. The van der Waals surface area contributed by atoms with Crippen LogP contribution in [-0.2, 0) is 5.60 Å². The summed E-state index contributed by atoms with van der Waals surface area (Å²) in [4.78, 5) is 0. The van der Waals surface area contributed by atoms with E-state index < -0.39 is 5.60 Å². The van der Waals surface area contributed by atoms with Gasteiger partial charge in [0.05, 0.1) is 10.1 Å². The van der Waals surface area contributed by atoms with Gasteiger partial charge in [-0.2, -0.15) is 0 Å². The molecule has 1 aliphatic rings. The molecule has 1 aromatic carbocycles. The average Bonchev–Trinajstić information content (AvgIpc) is 2.29. The Morgan fingerprint density at radius 1 is 1.41 bits per heavy atom. The highest BCUT2D eigenvalue weighted by atomic mass is 79.9. The van der Waals surface area contributed by atoms with Crippen molar-refractivity contribution in [2.75, 3.05) is 0 Å². The lowest BCUT2D eigenvalue weighted by molar-refractivity contribution is -0.0713. The highest BCUT2D eigenvalue weighted by Crippen LogP contribution is 2.45. The van der Waals surface area contributed by atoms with Crippen LogP contribution in [0.4, 0.5) is 4.39 Å². The maximum absolute atomic E-state index is 14.1. The van der Waals surface area contributed by atoms with Crippen molar-refractivity contribution in [3.63, 3.8) is 0 Å². The second kappa shape index (κ2) is 4.69. The van der Waals surface area contributed by atoms with E-state index in [1.54, 1.807) is 18.2 Å². The summed E-state index contributed by atoms with van der Waals surface area (Å²) in [5.74, 6) is 0.183. The van der Waals surface area contributed by atoms with Gasteiger partial charge in [-0.05, 0) is 46.7 Å². The van der Waals surface area contributed by atoms with Crippen molar-refractivity contribution in [1.29, 1.82) is 0 Å². The van der Waals surface area contributed by atoms with E-state index in [-0.39, 0.29) is 11.7 Å². The third kappa shape index (κ3) is 2.15. The summed E-state index contributed by atoms with van der Waals surface area (Å²) >= 11 is 3.19. The van der Waals surface area contributed by atoms with Gasteiger partial charge in [0.25, 0.3) is 0 Å². The number of aliphatic hydroxyl groups is 1. The summed E-state index contributed by atoms with van der Waals surface area (Å²) in [7, 11) is 0. The molecule has 0 radical (unpaired) electrons. The molecule has 0 spiro atoms. The molecule has 0 aromatic heterocycles. The van der Waals surface area contributed by atoms with Gasteiger partial charge >= 0.3 is 0 Å². The van der Waals surface area contributed by atoms with Gasteiger partial charge in [0.2, 0.25) is 0 Å². The Kier molecular flexibility index (Phi) is 3.60. The van der Waals surface area contributed by atoms with E-state index in [9.17, 15) is 9.50 Å². The van der Waals surface area contributed by atoms with Crippen LogP contribution in [0.3, 0.4) is 0 Å². The van der Waals surface area contributed by atoms with Crippen LogP contribution in [0.15, 0.2) is 22.7 Å². The van der Waals surface area contributed by atoms with E-state index in [1.807, 2.05) is 6.92 Å². The number of hydrogen-bond acceptors (Lipinski definition) is 1. The molecular formula is C14H18BrFO. The maximum atomic E-state index is 14.1. The maximum Gasteiger partial charge on any atom is 0.143 e. The predicted molar refractivity (Wildman–Crippen MR) is 70.2 cm³/mol. The summed E-state index contributed by atoms with van der Waals surface area (Å²) in [5, 5.41) is 10.8. The molecule has 17 heavy (non-hydrogen) atoms. The van der Waals surface area contributed by atoms with Crippen LogP contribution < -0.4 is 0 Å². The highest BCUT2D eigenvalue weighted by Gasteiger charge is 2.42. The van der Waals surface area contributed by atoms with E-state index in [0.717, 1.165) is 12.8 Å². The largest absolute Gasteiger partial charge is 0.385 e. The fourth-order valence-electron chi connectivity index (χ4n) is 2.86. The van der Waals surface area contributed by atoms with Gasteiger partial charge in [-0.3, -0.25) is 0 Å². The van der Waals surface area contributed by atoms with Gasteiger partial charge in [0, 0.05) is 5.56 Å². The van der Waals surface area contributed by atoms with E-state index in [2.05, 4.69) is 22.9 Å². The molecule has 1 aliphatic carbocycles. The van der Waals surface area contributed by atoms with Crippen LogP contribution in [0.5, 0.6) is 0 Å². The number of halogens is 2. The summed E-state index contributed by atoms with van der Waals surface area (Å²) in [6.07, 6.45) is 2.71. The minimum absolute atomic E-state index is 0.0834. The number of hydrogen-bond donors (Lipinski definition) is 1. The van der Waals surface area contributed by atoms with E-state index in [0.29, 0.717) is 22.4 Å². The van der Waals surface area contributed by atoms with Gasteiger partial charge < -0.3 is 5.11 Å². The van der Waals surface area contributed by atoms with E-state index in [4.69, 9.17) is 0 Å². The minimum Gasteiger partial charge on any atom is -0.385 e. The van der Waals surface area contributed by atoms with Crippen LogP contribution in [0, 0.1) is 17.7 Å². The van der Waals surface area contributed by atoms with Crippen molar-refractivity contribution in [2.45, 2.75) is 38.7 Å². The summed E-state index contributed by atoms with van der Waals surface area (Å²) in [6, 6.07) is 5.15. The van der Waals surface area contributed by atoms with Crippen LogP contribution in [0.2, 0.25) is 0 Å². The van der Waals surface area contributed by atoms with Crippen LogP contribution >= 0.6 is 15.9 Å². The van der Waals surface area contributed by atoms with Crippen molar-refractivity contribution in [3.8, 4) is 0 Å². The predicted octanol–water partition coefficient (Wildman–Crippen LogP) is 4.23. The minimum atomic E-state index is -1.02. The molecule has 3 unspecified atom stereocenters. The van der Waals surface area contributed by atoms with Crippen molar-refractivity contribution >= 4 is 15.9 Å². The monoisotopic (exact) mass is 300 g/mol. The van der Waals surface area contributed by atoms with Gasteiger partial charge in [-0.1, -0.05) is 32.4 Å². The lowest BCUT2D eigenvalue weighted by Gasteiger charge is -2.42. The van der Waals surface area contributed by atoms with Crippen molar-refractivity contribution in [2.24, 2.45) is 11.8 Å². The van der Waals surface area contributed by atoms with Crippen molar-refractivity contribution < 1.29 is 9.50 Å². The molecule has 0 bridgehead atoms. The summed E-state index contributed by atoms with van der Waals surface area (Å²) in [6.45, 7) is 4.15. The Balaban J connectivity index is 2.46. The first-order chi connectivity index (χ1) is 7.97. The highest BCUT2D eigenvalue weighted by molar-refractivity contribution is 9.10. The van der Waals surface area contributed by atoms with Crippen LogP contribution in [0.25, 0.3) is 0 Å². The molecule has 1 nitrogen and oxygen atoms in total. The second-order valence-electron chi connectivity index (χ2n) is 5.18. The molecule has 3 heteroatoms. The molecule has 0 saturated heterocycles. The Labute approximate surface area is 110 Å². The number of benzene rings is 1. The number of rotatable bonds is 1. The van der Waals surface area contributed by atoms with Gasteiger partial charge in [0.15, 0.2) is 0 Å². The fraction of sp³-hybridized carbons (Fsp3) is 0.571. The molecule has 1 saturated carbocycles. The standard InChI is InChI=1S/C14H18BrFO/c1-9-5-4-8-14(17,10(9)2)11-6-3-7-12(15)13(11)16/h3,6-7,9-10,17H,4-5,8H2,1-2H3. The molecule has 1 aromatic rings. The third-order valence-electron chi connectivity index (χ3n) is 4.24. The Morgan fingerprint density at radius 3 is 2.82 bits per heavy atom. The Hall–Kier alpha value is -0.410. The van der Waals surface area contributed by atoms with Crippen molar-refractivity contribution in [1.82, 2.24) is 0 Å². The van der Waals surface area contributed by atoms with Crippen molar-refractivity contribution in [3.05, 3.63) is 34.1 Å². The SMILES string of the molecule is CC1CCCC(O)(c2cccc(Br)c2F)C1C. The van der Waals surface area contributed by atoms with Gasteiger partial charge in [0.1, 0.15) is 5.82 Å². The van der Waals surface area contributed by atoms with Gasteiger partial charge in [-0.15, -0.1) is 0 Å². The molecule has 0 heterocycles. The molecule has 0 aliphatic heterocycles. The topological polar surface area (TPSA) is 20.2 Å². The van der Waals surface area contributed by atoms with Crippen LogP contribution in [0.1, 0.15) is 38.7 Å². The fourth-order valence-corrected chi connectivity index (χ4v) is 3.23. The Bertz CT molecular complexity index is 421. The Morgan fingerprint density at radius 2 is 2.12 bits per heavy atom. The quantitative estimate of drug-likeness (QED) is 0.823. The zero-order valence-corrected chi connectivity index (χ0v) is 11.8. The summed E-state index contributed by atoms with van der Waals surface area (Å²) in [5.41, 5.74) is -0.586. The lowest BCUT2D eigenvalue weighted by atomic mass is 9.67. The van der Waals surface area contributed by atoms with E-state index >= 15 is 0 Å². The molecule has 2 rings (SSSR count). The first-order valence-corrected chi connectivity index (χ1v) is 6.93. The summed E-state index contributed by atoms with van der Waals surface area (Å²) < 4.78 is 14.5. The second-order valence-corrected chi connectivity index (χ2v) is 6.04. The zero-order valence-electron chi connectivity index (χ0n) is 10.2. The molecule has 1 N–H and O–H groups in total. The smallest absolute Gasteiger partial charge is 0.143 e. The third-order valence-corrected chi connectivity index (χ3v) is 4.85. The van der Waals surface area contributed by atoms with E-state index in [1.165, 1.54) is 0 Å². The molecule has 3 atom stereocenters. The lowest BCUT2D eigenvalue weighted by Crippen LogP contribution is -2.41. The normalized spacial score (nSPS) is 33.7. The molecule has 0 amide bonds. The molecule has 1 fully saturated rings. The van der Waals surface area contributed by atoms with Gasteiger partial charge in [-0.25, -0.2) is 4.39 Å². The molecular weight excluding hydrogens is 283 g/mol. The zero-order chi connectivity index (χ0) is 12.6. The van der Waals surface area contributed by atoms with Crippen LogP contribution in [-0.4, -0.2) is 5.11 Å².